The molecule has 4 nitrogen and oxygen atoms in total. The van der Waals surface area contributed by atoms with Crippen molar-refractivity contribution in [2.24, 2.45) is 0 Å². The smallest absolute Gasteiger partial charge is 0.337 e. The van der Waals surface area contributed by atoms with E-state index in [0.717, 1.165) is 24.8 Å². The molecule has 0 aromatic heterocycles. The van der Waals surface area contributed by atoms with Crippen molar-refractivity contribution in [3.63, 3.8) is 0 Å². The van der Waals surface area contributed by atoms with Gasteiger partial charge in [0.2, 0.25) is 5.91 Å². The molecule has 0 saturated heterocycles. The van der Waals surface area contributed by atoms with Gasteiger partial charge in [0.05, 0.1) is 18.1 Å². The normalized spacial score (nSPS) is 15.2. The Labute approximate surface area is 139 Å². The van der Waals surface area contributed by atoms with Crippen LogP contribution in [-0.4, -0.2) is 19.0 Å². The molecule has 1 saturated carbocycles. The number of rotatable bonds is 4. The number of esters is 1. The lowest BCUT2D eigenvalue weighted by molar-refractivity contribution is -0.124. The van der Waals surface area contributed by atoms with E-state index in [4.69, 9.17) is 0 Å². The summed E-state index contributed by atoms with van der Waals surface area (Å²) in [6, 6.07) is 12.7. The summed E-state index contributed by atoms with van der Waals surface area (Å²) < 4.78 is 17.8. The molecule has 0 radical (unpaired) electrons. The van der Waals surface area contributed by atoms with Gasteiger partial charge in [-0.05, 0) is 54.8 Å². The molecule has 1 aliphatic rings. The van der Waals surface area contributed by atoms with Gasteiger partial charge in [0.15, 0.2) is 0 Å². The van der Waals surface area contributed by atoms with Crippen LogP contribution in [0.1, 0.15) is 35.2 Å². The highest BCUT2D eigenvalue weighted by atomic mass is 19.1. The van der Waals surface area contributed by atoms with Gasteiger partial charge in [0, 0.05) is 5.69 Å². The highest BCUT2D eigenvalue weighted by Gasteiger charge is 2.45. The van der Waals surface area contributed by atoms with E-state index in [9.17, 15) is 14.0 Å². The molecule has 1 N–H and O–H groups in total. The van der Waals surface area contributed by atoms with Crippen LogP contribution in [0.15, 0.2) is 48.5 Å². The van der Waals surface area contributed by atoms with Crippen LogP contribution in [0.4, 0.5) is 10.1 Å². The van der Waals surface area contributed by atoms with Gasteiger partial charge in [0.25, 0.3) is 0 Å². The molecule has 1 fully saturated rings. The maximum absolute atomic E-state index is 13.1. The number of methoxy groups -OCH3 is 1. The fraction of sp³-hybridized carbons (Fsp3) is 0.263. The molecule has 5 heteroatoms. The first-order chi connectivity index (χ1) is 11.5. The van der Waals surface area contributed by atoms with Crippen molar-refractivity contribution in [1.29, 1.82) is 0 Å². The summed E-state index contributed by atoms with van der Waals surface area (Å²) in [6.07, 6.45) is 2.45. The van der Waals surface area contributed by atoms with Crippen molar-refractivity contribution in [2.75, 3.05) is 12.4 Å². The molecule has 2 aromatic rings. The molecular formula is C19H18FNO3. The molecular weight excluding hydrogens is 309 g/mol. The molecule has 1 amide bonds. The van der Waals surface area contributed by atoms with Crippen molar-refractivity contribution >= 4 is 17.6 Å². The molecule has 0 aliphatic heterocycles. The summed E-state index contributed by atoms with van der Waals surface area (Å²) in [4.78, 5) is 24.2. The van der Waals surface area contributed by atoms with Crippen molar-refractivity contribution < 1.29 is 18.7 Å². The standard InChI is InChI=1S/C19H18FNO3/c1-24-17(22)13-3-9-16(10-4-13)21-18(23)19(11-2-12-19)14-5-7-15(20)8-6-14/h3-10H,2,11-12H2,1H3,(H,21,23). The van der Waals surface area contributed by atoms with Gasteiger partial charge in [-0.1, -0.05) is 18.6 Å². The van der Waals surface area contributed by atoms with Crippen LogP contribution >= 0.6 is 0 Å². The minimum atomic E-state index is -0.602. The topological polar surface area (TPSA) is 55.4 Å². The fourth-order valence-corrected chi connectivity index (χ4v) is 3.00. The van der Waals surface area contributed by atoms with E-state index in [-0.39, 0.29) is 11.7 Å². The van der Waals surface area contributed by atoms with Crippen LogP contribution in [0.3, 0.4) is 0 Å². The Morgan fingerprint density at radius 3 is 2.17 bits per heavy atom. The number of hydrogen-bond acceptors (Lipinski definition) is 3. The summed E-state index contributed by atoms with van der Waals surface area (Å²) in [5, 5.41) is 2.90. The first kappa shape index (κ1) is 16.2. The zero-order valence-corrected chi connectivity index (χ0v) is 13.3. The predicted molar refractivity (Wildman–Crippen MR) is 88.3 cm³/mol. The Kier molecular flexibility index (Phi) is 4.34. The van der Waals surface area contributed by atoms with Crippen LogP contribution in [0.2, 0.25) is 0 Å². The van der Waals surface area contributed by atoms with Crippen LogP contribution in [0.25, 0.3) is 0 Å². The Morgan fingerprint density at radius 2 is 1.67 bits per heavy atom. The highest BCUT2D eigenvalue weighted by Crippen LogP contribution is 2.44. The average molecular weight is 327 g/mol. The first-order valence-corrected chi connectivity index (χ1v) is 7.81. The van der Waals surface area contributed by atoms with Gasteiger partial charge >= 0.3 is 5.97 Å². The van der Waals surface area contributed by atoms with E-state index in [1.54, 1.807) is 36.4 Å². The zero-order valence-electron chi connectivity index (χ0n) is 13.3. The molecule has 0 unspecified atom stereocenters. The number of anilines is 1. The van der Waals surface area contributed by atoms with Crippen LogP contribution in [0.5, 0.6) is 0 Å². The number of benzene rings is 2. The van der Waals surface area contributed by atoms with Crippen LogP contribution in [0, 0.1) is 5.82 Å². The number of carbonyl (C=O) groups is 2. The number of amides is 1. The van der Waals surface area contributed by atoms with Gasteiger partial charge in [-0.25, -0.2) is 9.18 Å². The minimum absolute atomic E-state index is 0.105. The summed E-state index contributed by atoms with van der Waals surface area (Å²) in [7, 11) is 1.32. The molecule has 2 aromatic carbocycles. The van der Waals surface area contributed by atoms with Crippen LogP contribution < -0.4 is 5.32 Å². The molecule has 0 bridgehead atoms. The van der Waals surface area contributed by atoms with E-state index in [1.165, 1.54) is 19.2 Å². The second-order valence-electron chi connectivity index (χ2n) is 5.97. The Morgan fingerprint density at radius 1 is 1.04 bits per heavy atom. The van der Waals surface area contributed by atoms with E-state index in [1.807, 2.05) is 0 Å². The van der Waals surface area contributed by atoms with Crippen molar-refractivity contribution in [1.82, 2.24) is 0 Å². The number of ether oxygens (including phenoxy) is 1. The molecule has 124 valence electrons. The number of nitrogens with one attached hydrogen (secondary N) is 1. The molecule has 3 rings (SSSR count). The van der Waals surface area contributed by atoms with E-state index < -0.39 is 11.4 Å². The maximum atomic E-state index is 13.1. The van der Waals surface area contributed by atoms with E-state index in [0.29, 0.717) is 11.3 Å². The second kappa shape index (κ2) is 6.43. The molecule has 0 heterocycles. The quantitative estimate of drug-likeness (QED) is 0.872. The third-order valence-corrected chi connectivity index (χ3v) is 4.60. The van der Waals surface area contributed by atoms with E-state index >= 15 is 0 Å². The highest BCUT2D eigenvalue weighted by molar-refractivity contribution is 6.00. The SMILES string of the molecule is COC(=O)c1ccc(NC(=O)C2(c3ccc(F)cc3)CCC2)cc1. The lowest BCUT2D eigenvalue weighted by Gasteiger charge is -2.40. The van der Waals surface area contributed by atoms with Gasteiger partial charge in [-0.2, -0.15) is 0 Å². The molecule has 24 heavy (non-hydrogen) atoms. The van der Waals surface area contributed by atoms with Crippen molar-refractivity contribution in [3.05, 3.63) is 65.5 Å². The van der Waals surface area contributed by atoms with Crippen LogP contribution in [-0.2, 0) is 14.9 Å². The zero-order chi connectivity index (χ0) is 17.2. The van der Waals surface area contributed by atoms with Gasteiger partial charge in [-0.3, -0.25) is 4.79 Å². The monoisotopic (exact) mass is 327 g/mol. The van der Waals surface area contributed by atoms with Gasteiger partial charge in [-0.15, -0.1) is 0 Å². The number of halogens is 1. The maximum Gasteiger partial charge on any atom is 0.337 e. The minimum Gasteiger partial charge on any atom is -0.465 e. The Balaban J connectivity index is 1.78. The van der Waals surface area contributed by atoms with Crippen molar-refractivity contribution in [3.8, 4) is 0 Å². The molecule has 1 aliphatic carbocycles. The summed E-state index contributed by atoms with van der Waals surface area (Å²) in [5.41, 5.74) is 1.27. The lowest BCUT2D eigenvalue weighted by Crippen LogP contribution is -2.46. The summed E-state index contributed by atoms with van der Waals surface area (Å²) in [6.45, 7) is 0. The predicted octanol–water partition coefficient (Wildman–Crippen LogP) is 3.67. The third-order valence-electron chi connectivity index (χ3n) is 4.60. The molecule has 0 atom stereocenters. The third kappa shape index (κ3) is 2.89. The number of carbonyl (C=O) groups excluding carboxylic acids is 2. The first-order valence-electron chi connectivity index (χ1n) is 7.81. The van der Waals surface area contributed by atoms with Crippen molar-refractivity contribution in [2.45, 2.75) is 24.7 Å². The average Bonchev–Trinajstić information content (AvgIpc) is 2.55. The summed E-state index contributed by atoms with van der Waals surface area (Å²) in [5.74, 6) is -0.840. The van der Waals surface area contributed by atoms with Gasteiger partial charge < -0.3 is 10.1 Å². The Bertz CT molecular complexity index is 749. The lowest BCUT2D eigenvalue weighted by atomic mass is 9.64. The second-order valence-corrected chi connectivity index (χ2v) is 5.97. The largest absolute Gasteiger partial charge is 0.465 e. The van der Waals surface area contributed by atoms with E-state index in [2.05, 4.69) is 10.1 Å². The van der Waals surface area contributed by atoms with Gasteiger partial charge in [0.1, 0.15) is 5.82 Å². The Hall–Kier alpha value is -2.69. The summed E-state index contributed by atoms with van der Waals surface area (Å²) >= 11 is 0. The fourth-order valence-electron chi connectivity index (χ4n) is 3.00. The molecule has 0 spiro atoms. The number of hydrogen-bond donors (Lipinski definition) is 1.